The van der Waals surface area contributed by atoms with Crippen molar-refractivity contribution in [3.05, 3.63) is 28.8 Å². The maximum Gasteiger partial charge on any atom is 0.121 e. The van der Waals surface area contributed by atoms with Crippen molar-refractivity contribution >= 4 is 0 Å². The van der Waals surface area contributed by atoms with Crippen LogP contribution in [0.1, 0.15) is 49.3 Å². The second-order valence-electron chi connectivity index (χ2n) is 6.21. The average molecular weight is 276 g/mol. The van der Waals surface area contributed by atoms with Crippen molar-refractivity contribution < 1.29 is 5.11 Å². The van der Waals surface area contributed by atoms with Crippen LogP contribution in [0, 0.1) is 13.8 Å². The minimum atomic E-state index is 0.406. The molecule has 0 aliphatic heterocycles. The second kappa shape index (κ2) is 6.59. The third-order valence-electron chi connectivity index (χ3n) is 4.60. The minimum absolute atomic E-state index is 0.406. The van der Waals surface area contributed by atoms with Gasteiger partial charge in [0.2, 0.25) is 0 Å². The van der Waals surface area contributed by atoms with E-state index in [-0.39, 0.29) is 0 Å². The van der Waals surface area contributed by atoms with Gasteiger partial charge >= 0.3 is 0 Å². The number of aromatic hydroxyl groups is 1. The van der Waals surface area contributed by atoms with Gasteiger partial charge in [0.15, 0.2) is 0 Å². The van der Waals surface area contributed by atoms with Gasteiger partial charge in [0, 0.05) is 18.6 Å². The molecular weight excluding hydrogens is 248 g/mol. The summed E-state index contributed by atoms with van der Waals surface area (Å²) in [6.45, 7) is 8.22. The summed E-state index contributed by atoms with van der Waals surface area (Å²) in [5.41, 5.74) is 9.25. The summed E-state index contributed by atoms with van der Waals surface area (Å²) >= 11 is 0. The molecule has 0 bridgehead atoms. The number of hydrogen-bond acceptors (Lipinski definition) is 3. The van der Waals surface area contributed by atoms with E-state index in [1.165, 1.54) is 18.4 Å². The lowest BCUT2D eigenvalue weighted by Crippen LogP contribution is -2.40. The number of nitrogens with two attached hydrogens (primary N) is 1. The Labute approximate surface area is 122 Å². The molecule has 20 heavy (non-hydrogen) atoms. The molecule has 3 N–H and O–H groups in total. The van der Waals surface area contributed by atoms with Crippen molar-refractivity contribution in [2.75, 3.05) is 6.54 Å². The van der Waals surface area contributed by atoms with Crippen LogP contribution in [0.15, 0.2) is 12.1 Å². The summed E-state index contributed by atoms with van der Waals surface area (Å²) < 4.78 is 0. The first-order valence-corrected chi connectivity index (χ1v) is 7.80. The SMILES string of the molecule is CCN(Cc1cc(C)c(O)c(C)c1)C1CCC(N)CC1. The topological polar surface area (TPSA) is 49.5 Å². The molecule has 1 fully saturated rings. The first-order valence-electron chi connectivity index (χ1n) is 7.80. The van der Waals surface area contributed by atoms with Gasteiger partial charge in [-0.15, -0.1) is 0 Å². The van der Waals surface area contributed by atoms with Crippen LogP contribution in [-0.4, -0.2) is 28.6 Å². The van der Waals surface area contributed by atoms with Gasteiger partial charge in [-0.05, 0) is 62.8 Å². The summed E-state index contributed by atoms with van der Waals surface area (Å²) in [5.74, 6) is 0.431. The van der Waals surface area contributed by atoms with Crippen LogP contribution in [0.2, 0.25) is 0 Å². The van der Waals surface area contributed by atoms with Gasteiger partial charge in [0.05, 0.1) is 0 Å². The van der Waals surface area contributed by atoms with Crippen LogP contribution < -0.4 is 5.73 Å². The molecule has 2 rings (SSSR count). The van der Waals surface area contributed by atoms with Crippen LogP contribution in [0.3, 0.4) is 0 Å². The van der Waals surface area contributed by atoms with E-state index in [9.17, 15) is 5.11 Å². The minimum Gasteiger partial charge on any atom is -0.507 e. The predicted octanol–water partition coefficient (Wildman–Crippen LogP) is 3.10. The highest BCUT2D eigenvalue weighted by molar-refractivity contribution is 5.42. The number of aryl methyl sites for hydroxylation is 2. The molecule has 3 heteroatoms. The van der Waals surface area contributed by atoms with Crippen molar-refractivity contribution in [1.82, 2.24) is 4.90 Å². The number of benzene rings is 1. The Morgan fingerprint density at radius 3 is 2.20 bits per heavy atom. The lowest BCUT2D eigenvalue weighted by Gasteiger charge is -2.35. The zero-order valence-corrected chi connectivity index (χ0v) is 13.0. The fraction of sp³-hybridized carbons (Fsp3) is 0.647. The van der Waals surface area contributed by atoms with E-state index < -0.39 is 0 Å². The van der Waals surface area contributed by atoms with Crippen molar-refractivity contribution in [2.24, 2.45) is 5.73 Å². The molecule has 0 unspecified atom stereocenters. The molecule has 0 spiro atoms. The number of hydrogen-bond donors (Lipinski definition) is 2. The van der Waals surface area contributed by atoms with Gasteiger partial charge in [-0.1, -0.05) is 19.1 Å². The molecule has 1 saturated carbocycles. The standard InChI is InChI=1S/C17H28N2O/c1-4-19(16-7-5-15(18)6-8-16)11-14-9-12(2)17(20)13(3)10-14/h9-10,15-16,20H,4-8,11,18H2,1-3H3. The zero-order valence-electron chi connectivity index (χ0n) is 13.0. The molecular formula is C17H28N2O. The van der Waals surface area contributed by atoms with Gasteiger partial charge < -0.3 is 10.8 Å². The fourth-order valence-corrected chi connectivity index (χ4v) is 3.34. The summed E-state index contributed by atoms with van der Waals surface area (Å²) in [6, 6.07) is 5.29. The summed E-state index contributed by atoms with van der Waals surface area (Å²) in [4.78, 5) is 2.55. The summed E-state index contributed by atoms with van der Waals surface area (Å²) in [5, 5.41) is 9.87. The highest BCUT2D eigenvalue weighted by Crippen LogP contribution is 2.26. The van der Waals surface area contributed by atoms with E-state index in [1.54, 1.807) is 0 Å². The molecule has 0 saturated heterocycles. The van der Waals surface area contributed by atoms with Crippen molar-refractivity contribution in [3.63, 3.8) is 0 Å². The molecule has 3 nitrogen and oxygen atoms in total. The first-order chi connectivity index (χ1) is 9.51. The Hall–Kier alpha value is -1.06. The van der Waals surface area contributed by atoms with E-state index in [4.69, 9.17) is 5.73 Å². The van der Waals surface area contributed by atoms with Crippen molar-refractivity contribution in [3.8, 4) is 5.75 Å². The quantitative estimate of drug-likeness (QED) is 0.888. The average Bonchev–Trinajstić information content (AvgIpc) is 2.43. The maximum atomic E-state index is 9.87. The molecule has 1 aromatic rings. The Morgan fingerprint density at radius 1 is 1.15 bits per heavy atom. The molecule has 0 radical (unpaired) electrons. The van der Waals surface area contributed by atoms with Gasteiger partial charge in [0.1, 0.15) is 5.75 Å². The monoisotopic (exact) mass is 276 g/mol. The number of phenols is 1. The molecule has 0 amide bonds. The highest BCUT2D eigenvalue weighted by Gasteiger charge is 2.23. The van der Waals surface area contributed by atoms with Gasteiger partial charge in [-0.3, -0.25) is 4.90 Å². The van der Waals surface area contributed by atoms with Gasteiger partial charge in [0.25, 0.3) is 0 Å². The Morgan fingerprint density at radius 2 is 1.70 bits per heavy atom. The Kier molecular flexibility index (Phi) is 5.06. The Balaban J connectivity index is 2.06. The third kappa shape index (κ3) is 3.53. The highest BCUT2D eigenvalue weighted by atomic mass is 16.3. The van der Waals surface area contributed by atoms with Crippen LogP contribution in [0.4, 0.5) is 0 Å². The van der Waals surface area contributed by atoms with E-state index in [0.717, 1.165) is 37.1 Å². The number of rotatable bonds is 4. The van der Waals surface area contributed by atoms with Gasteiger partial charge in [-0.2, -0.15) is 0 Å². The number of nitrogens with zero attached hydrogens (tertiary/aromatic N) is 1. The van der Waals surface area contributed by atoms with Crippen LogP contribution in [-0.2, 0) is 6.54 Å². The largest absolute Gasteiger partial charge is 0.507 e. The van der Waals surface area contributed by atoms with Gasteiger partial charge in [-0.25, -0.2) is 0 Å². The molecule has 1 aromatic carbocycles. The first kappa shape index (κ1) is 15.3. The molecule has 112 valence electrons. The molecule has 1 aliphatic carbocycles. The van der Waals surface area contributed by atoms with E-state index >= 15 is 0 Å². The van der Waals surface area contributed by atoms with E-state index in [0.29, 0.717) is 17.8 Å². The smallest absolute Gasteiger partial charge is 0.121 e. The van der Waals surface area contributed by atoms with Crippen LogP contribution in [0.5, 0.6) is 5.75 Å². The van der Waals surface area contributed by atoms with E-state index in [1.807, 2.05) is 13.8 Å². The summed E-state index contributed by atoms with van der Waals surface area (Å²) in [6.07, 6.45) is 4.72. The lowest BCUT2D eigenvalue weighted by molar-refractivity contribution is 0.149. The fourth-order valence-electron chi connectivity index (χ4n) is 3.34. The third-order valence-corrected chi connectivity index (χ3v) is 4.60. The molecule has 0 atom stereocenters. The Bertz CT molecular complexity index is 427. The van der Waals surface area contributed by atoms with Crippen molar-refractivity contribution in [2.45, 2.75) is 65.1 Å². The van der Waals surface area contributed by atoms with Crippen molar-refractivity contribution in [1.29, 1.82) is 0 Å². The molecule has 1 aliphatic rings. The van der Waals surface area contributed by atoms with Crippen LogP contribution in [0.25, 0.3) is 0 Å². The molecule has 0 aromatic heterocycles. The second-order valence-corrected chi connectivity index (χ2v) is 6.21. The predicted molar refractivity (Wildman–Crippen MR) is 83.9 cm³/mol. The van der Waals surface area contributed by atoms with E-state index in [2.05, 4.69) is 24.0 Å². The van der Waals surface area contributed by atoms with Crippen LogP contribution >= 0.6 is 0 Å². The lowest BCUT2D eigenvalue weighted by atomic mass is 9.90. The number of phenolic OH excluding ortho intramolecular Hbond substituents is 1. The molecule has 0 heterocycles. The summed E-state index contributed by atoms with van der Waals surface area (Å²) in [7, 11) is 0. The normalized spacial score (nSPS) is 23.2. The zero-order chi connectivity index (χ0) is 14.7. The maximum absolute atomic E-state index is 9.87.